The zero-order valence-corrected chi connectivity index (χ0v) is 8.94. The van der Waals surface area contributed by atoms with Crippen LogP contribution in [0.15, 0.2) is 29.3 Å². The number of aromatic carboxylic acids is 1. The number of hydrogen-bond acceptors (Lipinski definition) is 3. The van der Waals surface area contributed by atoms with Crippen LogP contribution in [0.4, 0.5) is 5.69 Å². The van der Waals surface area contributed by atoms with Crippen LogP contribution >= 0.6 is 0 Å². The topological polar surface area (TPSA) is 61.7 Å². The van der Waals surface area contributed by atoms with Gasteiger partial charge in [0.05, 0.1) is 5.56 Å². The molecular formula is C12H14N2O2. The quantitative estimate of drug-likeness (QED) is 0.801. The van der Waals surface area contributed by atoms with Crippen molar-refractivity contribution in [3.63, 3.8) is 0 Å². The molecule has 0 bridgehead atoms. The predicted octanol–water partition coefficient (Wildman–Crippen LogP) is 2.38. The number of carboxylic acids is 1. The molecule has 0 fully saturated rings. The Kier molecular flexibility index (Phi) is 3.19. The highest BCUT2D eigenvalue weighted by atomic mass is 16.4. The number of benzene rings is 1. The second kappa shape index (κ2) is 4.79. The molecule has 4 nitrogen and oxygen atoms in total. The Morgan fingerprint density at radius 2 is 2.00 bits per heavy atom. The minimum atomic E-state index is -0.901. The molecule has 16 heavy (non-hydrogen) atoms. The van der Waals surface area contributed by atoms with Crippen molar-refractivity contribution in [3.05, 3.63) is 29.8 Å². The Balaban J connectivity index is 2.04. The smallest absolute Gasteiger partial charge is 0.335 e. The standard InChI is InChI=1S/C12H14N2O2/c15-12(16)9-4-6-10(7-5-9)14-11-3-1-2-8-13-11/h4-7H,1-3,8H2,(H,13,14)(H,15,16). The van der Waals surface area contributed by atoms with Crippen molar-refractivity contribution in [3.8, 4) is 0 Å². The molecule has 1 heterocycles. The van der Waals surface area contributed by atoms with Gasteiger partial charge in [-0.25, -0.2) is 4.79 Å². The SMILES string of the molecule is O=C(O)c1ccc(NC2=NCCCC2)cc1. The molecule has 0 amide bonds. The van der Waals surface area contributed by atoms with Gasteiger partial charge in [-0.1, -0.05) is 0 Å². The lowest BCUT2D eigenvalue weighted by Crippen LogP contribution is -2.16. The van der Waals surface area contributed by atoms with E-state index in [2.05, 4.69) is 10.3 Å². The highest BCUT2D eigenvalue weighted by Crippen LogP contribution is 2.13. The van der Waals surface area contributed by atoms with Crippen LogP contribution in [0.5, 0.6) is 0 Å². The van der Waals surface area contributed by atoms with E-state index in [1.807, 2.05) is 0 Å². The minimum absolute atomic E-state index is 0.302. The number of nitrogens with one attached hydrogen (secondary N) is 1. The number of hydrogen-bond donors (Lipinski definition) is 2. The molecule has 84 valence electrons. The molecule has 0 aromatic heterocycles. The highest BCUT2D eigenvalue weighted by Gasteiger charge is 2.06. The maximum absolute atomic E-state index is 10.7. The van der Waals surface area contributed by atoms with E-state index in [0.29, 0.717) is 5.56 Å². The number of nitrogens with zero attached hydrogens (tertiary/aromatic N) is 1. The molecule has 0 saturated carbocycles. The van der Waals surface area contributed by atoms with Crippen molar-refractivity contribution in [2.45, 2.75) is 19.3 Å². The molecule has 0 radical (unpaired) electrons. The number of amidine groups is 1. The summed E-state index contributed by atoms with van der Waals surface area (Å²) in [6.07, 6.45) is 3.29. The van der Waals surface area contributed by atoms with E-state index in [9.17, 15) is 4.79 Å². The van der Waals surface area contributed by atoms with E-state index >= 15 is 0 Å². The fourth-order valence-electron chi connectivity index (χ4n) is 1.66. The van der Waals surface area contributed by atoms with Crippen LogP contribution in [0.2, 0.25) is 0 Å². The first-order valence-electron chi connectivity index (χ1n) is 5.39. The van der Waals surface area contributed by atoms with Crippen LogP contribution < -0.4 is 5.32 Å². The summed E-state index contributed by atoms with van der Waals surface area (Å²) in [5, 5.41) is 12.0. The average molecular weight is 218 g/mol. The zero-order valence-electron chi connectivity index (χ0n) is 8.94. The molecule has 1 aliphatic rings. The second-order valence-corrected chi connectivity index (χ2v) is 3.79. The lowest BCUT2D eigenvalue weighted by atomic mass is 10.1. The molecular weight excluding hydrogens is 204 g/mol. The largest absolute Gasteiger partial charge is 0.478 e. The van der Waals surface area contributed by atoms with Crippen molar-refractivity contribution in [1.29, 1.82) is 0 Å². The Morgan fingerprint density at radius 3 is 2.56 bits per heavy atom. The van der Waals surface area contributed by atoms with Gasteiger partial charge in [-0.2, -0.15) is 0 Å². The maximum atomic E-state index is 10.7. The summed E-state index contributed by atoms with van der Waals surface area (Å²) < 4.78 is 0. The Hall–Kier alpha value is -1.84. The van der Waals surface area contributed by atoms with E-state index < -0.39 is 5.97 Å². The van der Waals surface area contributed by atoms with Crippen molar-refractivity contribution < 1.29 is 9.90 Å². The first-order chi connectivity index (χ1) is 7.75. The number of anilines is 1. The van der Waals surface area contributed by atoms with Gasteiger partial charge in [0.2, 0.25) is 0 Å². The second-order valence-electron chi connectivity index (χ2n) is 3.79. The van der Waals surface area contributed by atoms with E-state index in [-0.39, 0.29) is 0 Å². The highest BCUT2D eigenvalue weighted by molar-refractivity contribution is 5.96. The molecule has 1 aromatic rings. The predicted molar refractivity (Wildman–Crippen MR) is 63.2 cm³/mol. The first-order valence-corrected chi connectivity index (χ1v) is 5.39. The Morgan fingerprint density at radius 1 is 1.25 bits per heavy atom. The Labute approximate surface area is 94.0 Å². The van der Waals surface area contributed by atoms with E-state index in [1.54, 1.807) is 24.3 Å². The van der Waals surface area contributed by atoms with Crippen LogP contribution in [0.25, 0.3) is 0 Å². The minimum Gasteiger partial charge on any atom is -0.478 e. The number of aliphatic imine (C=N–C) groups is 1. The molecule has 0 atom stereocenters. The molecule has 0 aliphatic carbocycles. The molecule has 2 rings (SSSR count). The van der Waals surface area contributed by atoms with Gasteiger partial charge in [0.1, 0.15) is 5.84 Å². The van der Waals surface area contributed by atoms with Gasteiger partial charge in [-0.05, 0) is 37.1 Å². The lowest BCUT2D eigenvalue weighted by molar-refractivity contribution is 0.0697. The molecule has 2 N–H and O–H groups in total. The number of carboxylic acid groups (broad SMARTS) is 1. The third-order valence-electron chi connectivity index (χ3n) is 2.54. The van der Waals surface area contributed by atoms with Gasteiger partial charge in [-0.3, -0.25) is 4.99 Å². The fraction of sp³-hybridized carbons (Fsp3) is 0.333. The first kappa shape index (κ1) is 10.7. The molecule has 1 aromatic carbocycles. The van der Waals surface area contributed by atoms with Crippen LogP contribution in [0, 0.1) is 0 Å². The molecule has 1 aliphatic heterocycles. The van der Waals surface area contributed by atoms with Gasteiger partial charge in [0, 0.05) is 18.7 Å². The molecule has 0 unspecified atom stereocenters. The summed E-state index contributed by atoms with van der Waals surface area (Å²) in [7, 11) is 0. The molecule has 4 heteroatoms. The molecule has 0 saturated heterocycles. The van der Waals surface area contributed by atoms with Crippen LogP contribution in [0.3, 0.4) is 0 Å². The fourth-order valence-corrected chi connectivity index (χ4v) is 1.66. The average Bonchev–Trinajstić information content (AvgIpc) is 2.31. The van der Waals surface area contributed by atoms with Crippen LogP contribution in [-0.2, 0) is 0 Å². The van der Waals surface area contributed by atoms with Crippen LogP contribution in [0.1, 0.15) is 29.6 Å². The number of rotatable bonds is 2. The summed E-state index contributed by atoms with van der Waals surface area (Å²) in [5.41, 5.74) is 1.20. The van der Waals surface area contributed by atoms with Crippen LogP contribution in [-0.4, -0.2) is 23.5 Å². The van der Waals surface area contributed by atoms with Gasteiger partial charge < -0.3 is 10.4 Å². The van der Waals surface area contributed by atoms with Crippen molar-refractivity contribution in [2.24, 2.45) is 4.99 Å². The van der Waals surface area contributed by atoms with Gasteiger partial charge in [0.25, 0.3) is 0 Å². The summed E-state index contributed by atoms with van der Waals surface area (Å²) in [6.45, 7) is 0.884. The summed E-state index contributed by atoms with van der Waals surface area (Å²) in [4.78, 5) is 15.0. The monoisotopic (exact) mass is 218 g/mol. The van der Waals surface area contributed by atoms with Crippen molar-refractivity contribution >= 4 is 17.5 Å². The third-order valence-corrected chi connectivity index (χ3v) is 2.54. The zero-order chi connectivity index (χ0) is 11.4. The summed E-state index contributed by atoms with van der Waals surface area (Å²) >= 11 is 0. The maximum Gasteiger partial charge on any atom is 0.335 e. The van der Waals surface area contributed by atoms with Crippen molar-refractivity contribution in [1.82, 2.24) is 0 Å². The van der Waals surface area contributed by atoms with Gasteiger partial charge >= 0.3 is 5.97 Å². The lowest BCUT2D eigenvalue weighted by Gasteiger charge is -2.13. The van der Waals surface area contributed by atoms with Gasteiger partial charge in [0.15, 0.2) is 0 Å². The summed E-state index contributed by atoms with van der Waals surface area (Å²) in [6, 6.07) is 6.71. The normalized spacial score (nSPS) is 15.4. The van der Waals surface area contributed by atoms with E-state index in [1.165, 1.54) is 6.42 Å². The van der Waals surface area contributed by atoms with Crippen molar-refractivity contribution in [2.75, 3.05) is 11.9 Å². The molecule has 0 spiro atoms. The third kappa shape index (κ3) is 2.59. The van der Waals surface area contributed by atoms with E-state index in [4.69, 9.17) is 5.11 Å². The van der Waals surface area contributed by atoms with E-state index in [0.717, 1.165) is 30.9 Å². The van der Waals surface area contributed by atoms with Gasteiger partial charge in [-0.15, -0.1) is 0 Å². The Bertz CT molecular complexity index is 410. The summed E-state index contributed by atoms with van der Waals surface area (Å²) in [5.74, 6) is 0.0934. The number of carbonyl (C=O) groups is 1.